The van der Waals surface area contributed by atoms with Crippen molar-refractivity contribution in [3.05, 3.63) is 45.4 Å². The van der Waals surface area contributed by atoms with Crippen LogP contribution in [-0.2, 0) is 25.8 Å². The summed E-state index contributed by atoms with van der Waals surface area (Å²) >= 11 is 4.20. The highest BCUT2D eigenvalue weighted by Gasteiger charge is 2.54. The van der Waals surface area contributed by atoms with Gasteiger partial charge >= 0.3 is 5.97 Å². The molecule has 0 saturated carbocycles. The number of carboxylic acid groups (broad SMARTS) is 1. The van der Waals surface area contributed by atoms with Gasteiger partial charge in [-0.15, -0.1) is 23.1 Å². The molecule has 0 aromatic carbocycles. The molecule has 2 amide bonds. The van der Waals surface area contributed by atoms with Gasteiger partial charge in [0.05, 0.1) is 0 Å². The minimum atomic E-state index is -1.18. The third-order valence-corrected chi connectivity index (χ3v) is 9.10. The number of carbonyl (C=O) groups is 3. The zero-order valence-corrected chi connectivity index (χ0v) is 21.9. The van der Waals surface area contributed by atoms with E-state index < -0.39 is 29.2 Å². The number of β-lactam (4-membered cyclic amide) rings is 1. The van der Waals surface area contributed by atoms with Crippen molar-refractivity contribution in [2.24, 2.45) is 5.16 Å². The van der Waals surface area contributed by atoms with Crippen LogP contribution >= 0.6 is 34.4 Å². The monoisotopic (exact) mass is 548 g/mol. The molecule has 3 aromatic heterocycles. The predicted molar refractivity (Wildman–Crippen MR) is 135 cm³/mol. The van der Waals surface area contributed by atoms with Crippen molar-refractivity contribution < 1.29 is 28.9 Å². The number of anilines is 1. The standard InChI is InChI=1S/C21H21N7O5S3/c1-9-10(2)36-13-5-26(8-27(9)13)4-11-6-34-19-15(18(30)28(19)16(11)20(31)32)24-17(29)14(25-33-3)12-7-35-21(22)23-12/h5,7-8,15,19H,4,6H2,1-3H3,(H3-,22,23,24,29,31,32)/p+1/b25-14-/t15-,19-/m1/s1. The van der Waals surface area contributed by atoms with Gasteiger partial charge in [-0.3, -0.25) is 14.5 Å². The van der Waals surface area contributed by atoms with Crippen molar-refractivity contribution in [1.82, 2.24) is 19.6 Å². The minimum Gasteiger partial charge on any atom is -0.477 e. The minimum absolute atomic E-state index is 0.0396. The first-order valence-electron chi connectivity index (χ1n) is 10.7. The van der Waals surface area contributed by atoms with Crippen molar-refractivity contribution >= 4 is 67.9 Å². The molecule has 0 radical (unpaired) electrons. The Bertz CT molecular complexity index is 1470. The molecule has 1 saturated heterocycles. The van der Waals surface area contributed by atoms with Crippen molar-refractivity contribution in [2.45, 2.75) is 31.8 Å². The molecule has 4 N–H and O–H groups in total. The number of fused-ring (bicyclic) bond motifs is 2. The first kappa shape index (κ1) is 24.3. The number of aliphatic carboxylic acids is 1. The fraction of sp³-hybridized carbons (Fsp3) is 0.333. The van der Waals surface area contributed by atoms with Crippen LogP contribution in [0.3, 0.4) is 0 Å². The number of thioether (sulfide) groups is 1. The van der Waals surface area contributed by atoms with Crippen LogP contribution in [0.25, 0.3) is 4.83 Å². The van der Waals surface area contributed by atoms with Gasteiger partial charge in [0, 0.05) is 21.6 Å². The number of thiazole rings is 2. The average Bonchev–Trinajstić information content (AvgIpc) is 3.51. The van der Waals surface area contributed by atoms with Crippen LogP contribution in [0, 0.1) is 13.8 Å². The maximum absolute atomic E-state index is 13.0. The van der Waals surface area contributed by atoms with E-state index in [0.29, 0.717) is 17.9 Å². The van der Waals surface area contributed by atoms with E-state index >= 15 is 0 Å². The number of carboxylic acids is 1. The number of hydrogen-bond donors (Lipinski definition) is 3. The number of carbonyl (C=O) groups excluding carboxylic acids is 2. The zero-order chi connectivity index (χ0) is 25.7. The number of aryl methyl sites for hydroxylation is 2. The second kappa shape index (κ2) is 9.22. The van der Waals surface area contributed by atoms with Crippen LogP contribution in [0.15, 0.2) is 34.3 Å². The van der Waals surface area contributed by atoms with E-state index in [9.17, 15) is 19.5 Å². The van der Waals surface area contributed by atoms with Gasteiger partial charge in [-0.05, 0) is 13.8 Å². The average molecular weight is 549 g/mol. The molecule has 15 heteroatoms. The first-order valence-corrected chi connectivity index (χ1v) is 13.4. The lowest BCUT2D eigenvalue weighted by Crippen LogP contribution is -2.71. The molecule has 12 nitrogen and oxygen atoms in total. The van der Waals surface area contributed by atoms with Gasteiger partial charge in [0.1, 0.15) is 48.4 Å². The van der Waals surface area contributed by atoms with Crippen LogP contribution in [0.2, 0.25) is 0 Å². The molecule has 188 valence electrons. The van der Waals surface area contributed by atoms with Gasteiger partial charge < -0.3 is 21.0 Å². The highest BCUT2D eigenvalue weighted by molar-refractivity contribution is 8.00. The smallest absolute Gasteiger partial charge is 0.352 e. The highest BCUT2D eigenvalue weighted by Crippen LogP contribution is 2.40. The van der Waals surface area contributed by atoms with Gasteiger partial charge in [-0.1, -0.05) is 16.5 Å². The maximum Gasteiger partial charge on any atom is 0.352 e. The van der Waals surface area contributed by atoms with E-state index in [1.165, 1.54) is 28.6 Å². The molecule has 0 spiro atoms. The lowest BCUT2D eigenvalue weighted by atomic mass is 10.0. The van der Waals surface area contributed by atoms with Gasteiger partial charge in [0.25, 0.3) is 11.8 Å². The Hall–Kier alpha value is -3.43. The Morgan fingerprint density at radius 2 is 2.19 bits per heavy atom. The van der Waals surface area contributed by atoms with E-state index in [0.717, 1.165) is 21.9 Å². The summed E-state index contributed by atoms with van der Waals surface area (Å²) in [7, 11) is 1.29. The van der Waals surface area contributed by atoms with E-state index in [4.69, 9.17) is 10.6 Å². The Balaban J connectivity index is 1.36. The van der Waals surface area contributed by atoms with E-state index in [1.807, 2.05) is 24.0 Å². The Labute approximate surface area is 217 Å². The molecule has 5 rings (SSSR count). The number of nitrogens with two attached hydrogens (primary N) is 1. The largest absolute Gasteiger partial charge is 0.477 e. The van der Waals surface area contributed by atoms with Crippen LogP contribution in [-0.4, -0.2) is 67.2 Å². The quantitative estimate of drug-likeness (QED) is 0.169. The van der Waals surface area contributed by atoms with E-state index in [1.54, 1.807) is 16.7 Å². The van der Waals surface area contributed by atoms with Gasteiger partial charge in [-0.25, -0.2) is 14.3 Å². The summed E-state index contributed by atoms with van der Waals surface area (Å²) in [4.78, 5) is 50.5. The summed E-state index contributed by atoms with van der Waals surface area (Å²) in [6.07, 6.45) is 3.90. The SMILES string of the molecule is CO/N=C(\C(=O)N[C@@H]1C(=O)N2C(C(=O)O)=C(C[n+]3cc4sc(C)c(C)n4c3)CS[C@H]12)c1csc(N)n1. The highest BCUT2D eigenvalue weighted by atomic mass is 32.2. The molecule has 2 aliphatic heterocycles. The third-order valence-electron chi connectivity index (χ3n) is 5.98. The first-order chi connectivity index (χ1) is 17.2. The van der Waals surface area contributed by atoms with E-state index in [-0.39, 0.29) is 22.2 Å². The fourth-order valence-corrected chi connectivity index (χ4v) is 7.10. The number of hydrogen-bond acceptors (Lipinski definition) is 10. The van der Waals surface area contributed by atoms with Crippen molar-refractivity contribution in [3.8, 4) is 0 Å². The van der Waals surface area contributed by atoms with Crippen molar-refractivity contribution in [1.29, 1.82) is 0 Å². The van der Waals surface area contributed by atoms with Crippen molar-refractivity contribution in [3.63, 3.8) is 0 Å². The molecule has 0 bridgehead atoms. The summed E-state index contributed by atoms with van der Waals surface area (Å²) in [6, 6.07) is -0.908. The Morgan fingerprint density at radius 3 is 2.83 bits per heavy atom. The van der Waals surface area contributed by atoms with Crippen molar-refractivity contribution in [2.75, 3.05) is 18.6 Å². The number of imidazole rings is 1. The molecule has 0 aliphatic carbocycles. The molecular weight excluding hydrogens is 526 g/mol. The number of aromatic nitrogens is 3. The molecule has 3 aromatic rings. The summed E-state index contributed by atoms with van der Waals surface area (Å²) in [5.74, 6) is -1.94. The van der Waals surface area contributed by atoms with Crippen LogP contribution in [0.5, 0.6) is 0 Å². The fourth-order valence-electron chi connectivity index (χ4n) is 4.18. The Morgan fingerprint density at radius 1 is 1.42 bits per heavy atom. The summed E-state index contributed by atoms with van der Waals surface area (Å²) < 4.78 is 3.99. The second-order valence-corrected chi connectivity index (χ2v) is 11.4. The molecule has 0 unspecified atom stereocenters. The Kier molecular flexibility index (Phi) is 6.22. The summed E-state index contributed by atoms with van der Waals surface area (Å²) in [6.45, 7) is 4.43. The molecule has 2 atom stereocenters. The second-order valence-electron chi connectivity index (χ2n) is 8.18. The number of oxime groups is 1. The predicted octanol–water partition coefficient (Wildman–Crippen LogP) is 0.733. The summed E-state index contributed by atoms with van der Waals surface area (Å²) in [5.41, 5.74) is 7.47. The third kappa shape index (κ3) is 4.02. The molecular formula is C21H22N7O5S3+. The van der Waals surface area contributed by atoms with Gasteiger partial charge in [0.2, 0.25) is 11.2 Å². The number of nitrogens with zero attached hydrogens (tertiary/aromatic N) is 5. The van der Waals surface area contributed by atoms with E-state index in [2.05, 4.69) is 26.8 Å². The number of nitrogens with one attached hydrogen (secondary N) is 1. The number of amides is 2. The van der Waals surface area contributed by atoms with Crippen LogP contribution in [0.1, 0.15) is 16.3 Å². The normalized spacial score (nSPS) is 19.9. The lowest BCUT2D eigenvalue weighted by molar-refractivity contribution is -0.687. The molecule has 2 aliphatic rings. The van der Waals surface area contributed by atoms with Gasteiger partial charge in [-0.2, -0.15) is 4.40 Å². The lowest BCUT2D eigenvalue weighted by Gasteiger charge is -2.49. The zero-order valence-electron chi connectivity index (χ0n) is 19.4. The van der Waals surface area contributed by atoms with Crippen LogP contribution < -0.4 is 15.6 Å². The molecule has 1 fully saturated rings. The topological polar surface area (TPSA) is 156 Å². The maximum atomic E-state index is 13.0. The molecule has 36 heavy (non-hydrogen) atoms. The molecule has 5 heterocycles. The van der Waals surface area contributed by atoms with Crippen LogP contribution in [0.4, 0.5) is 5.13 Å². The summed E-state index contributed by atoms with van der Waals surface area (Å²) in [5, 5.41) is 17.6. The number of nitrogen functional groups attached to an aromatic ring is 1. The number of rotatable bonds is 7. The van der Waals surface area contributed by atoms with Gasteiger partial charge in [0.15, 0.2) is 10.8 Å².